The van der Waals surface area contributed by atoms with Crippen LogP contribution in [0.4, 0.5) is 5.69 Å². The number of nitrogens with one attached hydrogen (secondary N) is 2. The predicted molar refractivity (Wildman–Crippen MR) is 86.3 cm³/mol. The number of anilines is 1. The minimum absolute atomic E-state index is 0.242. The summed E-state index contributed by atoms with van der Waals surface area (Å²) in [4.78, 5) is 27.9. The first-order valence-corrected chi connectivity index (χ1v) is 7.23. The van der Waals surface area contributed by atoms with Crippen LogP contribution in [0, 0.1) is 0 Å². The Morgan fingerprint density at radius 1 is 1.27 bits per heavy atom. The molecule has 1 heterocycles. The molecule has 1 aromatic heterocycles. The second-order valence-corrected chi connectivity index (χ2v) is 5.05. The number of nitrogens with zero attached hydrogens (tertiary/aromatic N) is 1. The lowest BCUT2D eigenvalue weighted by molar-refractivity contribution is -0.125. The molecule has 0 fully saturated rings. The van der Waals surface area contributed by atoms with Crippen molar-refractivity contribution in [2.75, 3.05) is 11.9 Å². The molecule has 6 heteroatoms. The zero-order valence-corrected chi connectivity index (χ0v) is 12.5. The Hall–Kier alpha value is -2.47. The molecule has 6 nitrogen and oxygen atoms in total. The summed E-state index contributed by atoms with van der Waals surface area (Å²) < 4.78 is 0. The van der Waals surface area contributed by atoms with E-state index in [2.05, 4.69) is 15.6 Å². The Bertz CT molecular complexity index is 667. The SMILES string of the molecule is CC(=O)N[C@@H](CCCN)C(=O)Nc1cccc2cccnc12. The number of carbonyl (C=O) groups is 2. The van der Waals surface area contributed by atoms with Gasteiger partial charge in [0, 0.05) is 18.5 Å². The number of amides is 2. The van der Waals surface area contributed by atoms with Crippen LogP contribution in [0.3, 0.4) is 0 Å². The molecule has 1 aromatic carbocycles. The van der Waals surface area contributed by atoms with Crippen LogP contribution in [0.15, 0.2) is 36.5 Å². The van der Waals surface area contributed by atoms with E-state index in [9.17, 15) is 9.59 Å². The van der Waals surface area contributed by atoms with Crippen molar-refractivity contribution in [3.63, 3.8) is 0 Å². The highest BCUT2D eigenvalue weighted by Crippen LogP contribution is 2.20. The summed E-state index contributed by atoms with van der Waals surface area (Å²) in [6, 6.07) is 8.75. The van der Waals surface area contributed by atoms with E-state index in [1.54, 1.807) is 12.3 Å². The third-order valence-electron chi connectivity index (χ3n) is 3.28. The Morgan fingerprint density at radius 3 is 2.77 bits per heavy atom. The number of carbonyl (C=O) groups excluding carboxylic acids is 2. The van der Waals surface area contributed by atoms with Gasteiger partial charge in [0.25, 0.3) is 0 Å². The van der Waals surface area contributed by atoms with E-state index in [0.29, 0.717) is 25.1 Å². The summed E-state index contributed by atoms with van der Waals surface area (Å²) in [6.07, 6.45) is 2.84. The molecule has 0 spiro atoms. The lowest BCUT2D eigenvalue weighted by atomic mass is 10.1. The highest BCUT2D eigenvalue weighted by Gasteiger charge is 2.19. The van der Waals surface area contributed by atoms with E-state index >= 15 is 0 Å². The smallest absolute Gasteiger partial charge is 0.247 e. The molecule has 0 saturated heterocycles. The van der Waals surface area contributed by atoms with Crippen LogP contribution in [-0.4, -0.2) is 29.4 Å². The van der Waals surface area contributed by atoms with Crippen molar-refractivity contribution in [1.82, 2.24) is 10.3 Å². The third-order valence-corrected chi connectivity index (χ3v) is 3.28. The average Bonchev–Trinajstić information content (AvgIpc) is 2.51. The molecule has 0 saturated carbocycles. The average molecular weight is 300 g/mol. The van der Waals surface area contributed by atoms with Gasteiger partial charge < -0.3 is 16.4 Å². The summed E-state index contributed by atoms with van der Waals surface area (Å²) in [7, 11) is 0. The minimum atomic E-state index is -0.597. The maximum atomic E-state index is 12.4. The normalized spacial score (nSPS) is 11.9. The molecule has 1 atom stereocenters. The summed E-state index contributed by atoms with van der Waals surface area (Å²) in [5.74, 6) is -0.505. The predicted octanol–water partition coefficient (Wildman–Crippen LogP) is 1.42. The Labute approximate surface area is 129 Å². The van der Waals surface area contributed by atoms with Crippen molar-refractivity contribution in [2.45, 2.75) is 25.8 Å². The molecule has 0 aliphatic rings. The van der Waals surface area contributed by atoms with E-state index < -0.39 is 6.04 Å². The fourth-order valence-electron chi connectivity index (χ4n) is 2.26. The Kier molecular flexibility index (Phi) is 5.43. The lowest BCUT2D eigenvalue weighted by Crippen LogP contribution is -2.43. The molecule has 2 aromatic rings. The van der Waals surface area contributed by atoms with Crippen LogP contribution < -0.4 is 16.4 Å². The van der Waals surface area contributed by atoms with E-state index in [-0.39, 0.29) is 11.8 Å². The van der Waals surface area contributed by atoms with Gasteiger partial charge in [-0.25, -0.2) is 0 Å². The van der Waals surface area contributed by atoms with Crippen LogP contribution in [0.1, 0.15) is 19.8 Å². The molecule has 0 aliphatic carbocycles. The Morgan fingerprint density at radius 2 is 2.05 bits per heavy atom. The number of rotatable bonds is 6. The number of pyridine rings is 1. The number of aromatic nitrogens is 1. The van der Waals surface area contributed by atoms with E-state index in [4.69, 9.17) is 5.73 Å². The van der Waals surface area contributed by atoms with Gasteiger partial charge in [0.2, 0.25) is 11.8 Å². The van der Waals surface area contributed by atoms with Gasteiger partial charge in [0.15, 0.2) is 0 Å². The van der Waals surface area contributed by atoms with Gasteiger partial charge in [-0.05, 0) is 31.5 Å². The first-order valence-electron chi connectivity index (χ1n) is 7.23. The largest absolute Gasteiger partial charge is 0.345 e. The standard InChI is InChI=1S/C16H20N4O2/c1-11(21)19-14(8-3-9-17)16(22)20-13-7-2-5-12-6-4-10-18-15(12)13/h2,4-7,10,14H,3,8-9,17H2,1H3,(H,19,21)(H,20,22)/t14-/m0/s1. The second-order valence-electron chi connectivity index (χ2n) is 5.05. The summed E-state index contributed by atoms with van der Waals surface area (Å²) >= 11 is 0. The minimum Gasteiger partial charge on any atom is -0.345 e. The van der Waals surface area contributed by atoms with Crippen LogP contribution in [-0.2, 0) is 9.59 Å². The molecular formula is C16H20N4O2. The zero-order valence-electron chi connectivity index (χ0n) is 12.5. The molecule has 2 rings (SSSR count). The van der Waals surface area contributed by atoms with Gasteiger partial charge in [-0.15, -0.1) is 0 Å². The van der Waals surface area contributed by atoms with Crippen molar-refractivity contribution in [3.8, 4) is 0 Å². The van der Waals surface area contributed by atoms with Crippen molar-refractivity contribution in [2.24, 2.45) is 5.73 Å². The first kappa shape index (κ1) is 15.9. The van der Waals surface area contributed by atoms with Gasteiger partial charge >= 0.3 is 0 Å². The first-order chi connectivity index (χ1) is 10.6. The number of hydrogen-bond donors (Lipinski definition) is 3. The van der Waals surface area contributed by atoms with Crippen LogP contribution in [0.25, 0.3) is 10.9 Å². The maximum Gasteiger partial charge on any atom is 0.247 e. The van der Waals surface area contributed by atoms with Crippen LogP contribution >= 0.6 is 0 Å². The molecule has 0 aliphatic heterocycles. The molecule has 2 amide bonds. The van der Waals surface area contributed by atoms with Crippen LogP contribution in [0.2, 0.25) is 0 Å². The van der Waals surface area contributed by atoms with Gasteiger partial charge in [-0.2, -0.15) is 0 Å². The third kappa shape index (κ3) is 4.02. The van der Waals surface area contributed by atoms with Crippen LogP contribution in [0.5, 0.6) is 0 Å². The highest BCUT2D eigenvalue weighted by atomic mass is 16.2. The van der Waals surface area contributed by atoms with Crippen molar-refractivity contribution < 1.29 is 9.59 Å². The second kappa shape index (κ2) is 7.51. The van der Waals surface area contributed by atoms with Gasteiger partial charge in [-0.3, -0.25) is 14.6 Å². The molecule has 116 valence electrons. The summed E-state index contributed by atoms with van der Waals surface area (Å²) in [6.45, 7) is 1.86. The number of hydrogen-bond acceptors (Lipinski definition) is 4. The number of benzene rings is 1. The van der Waals surface area contributed by atoms with Gasteiger partial charge in [0.1, 0.15) is 6.04 Å². The molecule has 4 N–H and O–H groups in total. The molecule has 0 bridgehead atoms. The fraction of sp³-hybridized carbons (Fsp3) is 0.312. The quantitative estimate of drug-likeness (QED) is 0.751. The van der Waals surface area contributed by atoms with E-state index in [1.165, 1.54) is 6.92 Å². The number of nitrogens with two attached hydrogens (primary N) is 1. The fourth-order valence-corrected chi connectivity index (χ4v) is 2.26. The lowest BCUT2D eigenvalue weighted by Gasteiger charge is -2.17. The molecule has 0 unspecified atom stereocenters. The van der Waals surface area contributed by atoms with Crippen molar-refractivity contribution >= 4 is 28.4 Å². The monoisotopic (exact) mass is 300 g/mol. The van der Waals surface area contributed by atoms with Crippen molar-refractivity contribution in [3.05, 3.63) is 36.5 Å². The molecular weight excluding hydrogens is 280 g/mol. The topological polar surface area (TPSA) is 97.1 Å². The zero-order chi connectivity index (χ0) is 15.9. The van der Waals surface area contributed by atoms with Gasteiger partial charge in [-0.1, -0.05) is 18.2 Å². The van der Waals surface area contributed by atoms with E-state index in [0.717, 1.165) is 10.9 Å². The number of para-hydroxylation sites is 1. The number of fused-ring (bicyclic) bond motifs is 1. The summed E-state index contributed by atoms with van der Waals surface area (Å²) in [5, 5.41) is 6.44. The maximum absolute atomic E-state index is 12.4. The Balaban J connectivity index is 2.18. The highest BCUT2D eigenvalue weighted by molar-refractivity contribution is 6.03. The van der Waals surface area contributed by atoms with E-state index in [1.807, 2.05) is 24.3 Å². The molecule has 22 heavy (non-hydrogen) atoms. The summed E-state index contributed by atoms with van der Waals surface area (Å²) in [5.41, 5.74) is 6.83. The van der Waals surface area contributed by atoms with Gasteiger partial charge in [0.05, 0.1) is 11.2 Å². The molecule has 0 radical (unpaired) electrons. The van der Waals surface area contributed by atoms with Crippen molar-refractivity contribution in [1.29, 1.82) is 0 Å².